The molecule has 0 amide bonds. The number of ether oxygens (including phenoxy) is 1. The van der Waals surface area contributed by atoms with Crippen molar-refractivity contribution in [1.82, 2.24) is 4.90 Å². The highest BCUT2D eigenvalue weighted by molar-refractivity contribution is 5.87. The summed E-state index contributed by atoms with van der Waals surface area (Å²) in [6.07, 6.45) is 1.85. The first kappa shape index (κ1) is 14.6. The summed E-state index contributed by atoms with van der Waals surface area (Å²) >= 11 is 0. The van der Waals surface area contributed by atoms with E-state index in [1.165, 1.54) is 10.8 Å². The first-order chi connectivity index (χ1) is 9.80. The summed E-state index contributed by atoms with van der Waals surface area (Å²) in [5.41, 5.74) is 1.15. The maximum absolute atomic E-state index is 9.17. The summed E-state index contributed by atoms with van der Waals surface area (Å²) in [6.45, 7) is 6.01. The zero-order chi connectivity index (χ0) is 14.4. The Labute approximate surface area is 120 Å². The number of nitrogens with zero attached hydrogens (tertiary/aromatic N) is 1. The standard InChI is InChI=1S/C17H21NO2/c1-3-10-18(11-12-19)13-16-15-7-5-4-6-14(15)8-9-17(16)20-2/h3-9,19H,1,10-13H2,2H3. The van der Waals surface area contributed by atoms with E-state index in [1.54, 1.807) is 7.11 Å². The van der Waals surface area contributed by atoms with Crippen LogP contribution in [-0.4, -0.2) is 36.8 Å². The summed E-state index contributed by atoms with van der Waals surface area (Å²) in [5, 5.41) is 11.6. The normalized spacial score (nSPS) is 10.9. The van der Waals surface area contributed by atoms with Gasteiger partial charge in [-0.25, -0.2) is 0 Å². The lowest BCUT2D eigenvalue weighted by Gasteiger charge is -2.22. The summed E-state index contributed by atoms with van der Waals surface area (Å²) in [5.74, 6) is 0.885. The van der Waals surface area contributed by atoms with Gasteiger partial charge >= 0.3 is 0 Å². The molecule has 1 N–H and O–H groups in total. The van der Waals surface area contributed by atoms with Crippen LogP contribution in [0.25, 0.3) is 10.8 Å². The topological polar surface area (TPSA) is 32.7 Å². The molecule has 0 fully saturated rings. The van der Waals surface area contributed by atoms with E-state index in [1.807, 2.05) is 24.3 Å². The Balaban J connectivity index is 2.41. The van der Waals surface area contributed by atoms with Crippen LogP contribution in [0.4, 0.5) is 0 Å². The van der Waals surface area contributed by atoms with Crippen molar-refractivity contribution in [1.29, 1.82) is 0 Å². The molecule has 0 saturated heterocycles. The van der Waals surface area contributed by atoms with Gasteiger partial charge in [-0.2, -0.15) is 0 Å². The predicted octanol–water partition coefficient (Wildman–Crippen LogP) is 2.83. The van der Waals surface area contributed by atoms with E-state index in [-0.39, 0.29) is 6.61 Å². The minimum absolute atomic E-state index is 0.140. The van der Waals surface area contributed by atoms with Gasteiger partial charge in [-0.1, -0.05) is 36.4 Å². The predicted molar refractivity (Wildman–Crippen MR) is 83.1 cm³/mol. The highest BCUT2D eigenvalue weighted by Crippen LogP contribution is 2.29. The zero-order valence-electron chi connectivity index (χ0n) is 11.9. The van der Waals surface area contributed by atoms with Gasteiger partial charge in [0.15, 0.2) is 0 Å². The lowest BCUT2D eigenvalue weighted by Crippen LogP contribution is -2.26. The average molecular weight is 271 g/mol. The van der Waals surface area contributed by atoms with Crippen LogP contribution < -0.4 is 4.74 Å². The molecule has 0 aliphatic rings. The Kier molecular flexibility index (Phi) is 5.16. The van der Waals surface area contributed by atoms with Crippen molar-refractivity contribution in [3.63, 3.8) is 0 Å². The molecule has 0 unspecified atom stereocenters. The van der Waals surface area contributed by atoms with E-state index < -0.39 is 0 Å². The fourth-order valence-corrected chi connectivity index (χ4v) is 2.45. The highest BCUT2D eigenvalue weighted by atomic mass is 16.5. The second-order valence-corrected chi connectivity index (χ2v) is 4.71. The fraction of sp³-hybridized carbons (Fsp3) is 0.294. The van der Waals surface area contributed by atoms with Crippen LogP contribution in [-0.2, 0) is 6.54 Å². The lowest BCUT2D eigenvalue weighted by atomic mass is 10.0. The molecule has 20 heavy (non-hydrogen) atoms. The maximum Gasteiger partial charge on any atom is 0.123 e. The number of methoxy groups -OCH3 is 1. The third kappa shape index (κ3) is 3.18. The van der Waals surface area contributed by atoms with Crippen molar-refractivity contribution in [2.45, 2.75) is 6.54 Å². The van der Waals surface area contributed by atoms with Gasteiger partial charge in [-0.15, -0.1) is 6.58 Å². The monoisotopic (exact) mass is 271 g/mol. The molecule has 2 aromatic rings. The summed E-state index contributed by atoms with van der Waals surface area (Å²) in [7, 11) is 1.69. The third-order valence-corrected chi connectivity index (χ3v) is 3.40. The molecule has 2 rings (SSSR count). The molecule has 106 valence electrons. The number of aliphatic hydroxyl groups is 1. The van der Waals surface area contributed by atoms with Crippen molar-refractivity contribution in [3.8, 4) is 5.75 Å². The Morgan fingerprint density at radius 1 is 1.25 bits per heavy atom. The largest absolute Gasteiger partial charge is 0.496 e. The van der Waals surface area contributed by atoms with Gasteiger partial charge in [-0.05, 0) is 16.8 Å². The Morgan fingerprint density at radius 3 is 2.75 bits per heavy atom. The van der Waals surface area contributed by atoms with Crippen molar-refractivity contribution in [3.05, 3.63) is 54.6 Å². The molecule has 0 bridgehead atoms. The van der Waals surface area contributed by atoms with Crippen LogP contribution in [0, 0.1) is 0 Å². The van der Waals surface area contributed by atoms with E-state index in [4.69, 9.17) is 4.74 Å². The van der Waals surface area contributed by atoms with Gasteiger partial charge in [0.1, 0.15) is 5.75 Å². The molecule has 0 heterocycles. The quantitative estimate of drug-likeness (QED) is 0.786. The third-order valence-electron chi connectivity index (χ3n) is 3.40. The smallest absolute Gasteiger partial charge is 0.123 e. The van der Waals surface area contributed by atoms with Gasteiger partial charge in [0, 0.05) is 25.2 Å². The minimum Gasteiger partial charge on any atom is -0.496 e. The first-order valence-corrected chi connectivity index (χ1v) is 6.79. The van der Waals surface area contributed by atoms with E-state index in [0.29, 0.717) is 6.54 Å². The van der Waals surface area contributed by atoms with E-state index in [2.05, 4.69) is 29.7 Å². The van der Waals surface area contributed by atoms with Crippen LogP contribution in [0.1, 0.15) is 5.56 Å². The van der Waals surface area contributed by atoms with E-state index in [0.717, 1.165) is 24.4 Å². The SMILES string of the molecule is C=CCN(CCO)Cc1c(OC)ccc2ccccc12. The van der Waals surface area contributed by atoms with Gasteiger partial charge in [0.05, 0.1) is 13.7 Å². The number of fused-ring (bicyclic) bond motifs is 1. The van der Waals surface area contributed by atoms with Gasteiger partial charge in [0.25, 0.3) is 0 Å². The van der Waals surface area contributed by atoms with Crippen LogP contribution in [0.2, 0.25) is 0 Å². The molecule has 0 radical (unpaired) electrons. The summed E-state index contributed by atoms with van der Waals surface area (Å²) in [6, 6.07) is 12.4. The molecule has 3 heteroatoms. The molecule has 0 aliphatic heterocycles. The van der Waals surface area contributed by atoms with E-state index >= 15 is 0 Å². The molecular weight excluding hydrogens is 250 g/mol. The van der Waals surface area contributed by atoms with Crippen molar-refractivity contribution in [2.24, 2.45) is 0 Å². The van der Waals surface area contributed by atoms with Gasteiger partial charge in [-0.3, -0.25) is 4.90 Å². The molecular formula is C17H21NO2. The number of benzene rings is 2. The number of hydrogen-bond donors (Lipinski definition) is 1. The maximum atomic E-state index is 9.17. The summed E-state index contributed by atoms with van der Waals surface area (Å²) in [4.78, 5) is 2.15. The van der Waals surface area contributed by atoms with E-state index in [9.17, 15) is 5.11 Å². The van der Waals surface area contributed by atoms with Gasteiger partial charge in [0.2, 0.25) is 0 Å². The number of aliphatic hydroxyl groups excluding tert-OH is 1. The van der Waals surface area contributed by atoms with Gasteiger partial charge < -0.3 is 9.84 Å². The van der Waals surface area contributed by atoms with Crippen molar-refractivity contribution < 1.29 is 9.84 Å². The molecule has 0 spiro atoms. The number of rotatable bonds is 7. The van der Waals surface area contributed by atoms with Crippen molar-refractivity contribution in [2.75, 3.05) is 26.8 Å². The van der Waals surface area contributed by atoms with Crippen molar-refractivity contribution >= 4 is 10.8 Å². The second-order valence-electron chi connectivity index (χ2n) is 4.71. The van der Waals surface area contributed by atoms with Crippen LogP contribution in [0.5, 0.6) is 5.75 Å². The number of hydrogen-bond acceptors (Lipinski definition) is 3. The second kappa shape index (κ2) is 7.08. The average Bonchev–Trinajstić information content (AvgIpc) is 2.48. The van der Waals surface area contributed by atoms with Crippen LogP contribution in [0.15, 0.2) is 49.1 Å². The zero-order valence-corrected chi connectivity index (χ0v) is 11.9. The van der Waals surface area contributed by atoms with Crippen LogP contribution in [0.3, 0.4) is 0 Å². The molecule has 0 atom stereocenters. The van der Waals surface area contributed by atoms with Crippen LogP contribution >= 0.6 is 0 Å². The molecule has 0 saturated carbocycles. The summed E-state index contributed by atoms with van der Waals surface area (Å²) < 4.78 is 5.50. The minimum atomic E-state index is 0.140. The highest BCUT2D eigenvalue weighted by Gasteiger charge is 2.12. The first-order valence-electron chi connectivity index (χ1n) is 6.79. The molecule has 2 aromatic carbocycles. The molecule has 0 aromatic heterocycles. The molecule has 3 nitrogen and oxygen atoms in total. The Bertz CT molecular complexity index is 580. The fourth-order valence-electron chi connectivity index (χ4n) is 2.45. The Hall–Kier alpha value is -1.84. The Morgan fingerprint density at radius 2 is 2.05 bits per heavy atom. The molecule has 0 aliphatic carbocycles. The lowest BCUT2D eigenvalue weighted by molar-refractivity contribution is 0.202.